The molecule has 7 rings (SSSR count). The number of rotatable bonds is 16. The second kappa shape index (κ2) is 30.4. The Labute approximate surface area is 484 Å². The van der Waals surface area contributed by atoms with E-state index >= 15 is 0 Å². The van der Waals surface area contributed by atoms with Crippen LogP contribution in [0, 0.1) is 6.92 Å². The van der Waals surface area contributed by atoms with Gasteiger partial charge in [-0.3, -0.25) is 38.1 Å². The maximum atomic E-state index is 14.4. The van der Waals surface area contributed by atoms with Crippen molar-refractivity contribution in [1.29, 1.82) is 0 Å². The van der Waals surface area contributed by atoms with Gasteiger partial charge in [0.2, 0.25) is 35.4 Å². The first-order chi connectivity index (χ1) is 39.4. The molecule has 0 saturated carbocycles. The average molecular weight is 1170 g/mol. The lowest BCUT2D eigenvalue weighted by Gasteiger charge is -2.32. The minimum absolute atomic E-state index is 0.0174. The quantitative estimate of drug-likeness (QED) is 0.0566. The van der Waals surface area contributed by atoms with Gasteiger partial charge in [0.1, 0.15) is 47.8 Å². The van der Waals surface area contributed by atoms with E-state index in [1.807, 2.05) is 25.1 Å². The van der Waals surface area contributed by atoms with E-state index in [0.29, 0.717) is 17.9 Å². The van der Waals surface area contributed by atoms with Gasteiger partial charge in [-0.1, -0.05) is 81.0 Å². The van der Waals surface area contributed by atoms with Crippen molar-refractivity contribution in [3.63, 3.8) is 0 Å². The van der Waals surface area contributed by atoms with Gasteiger partial charge in [-0.2, -0.15) is 8.42 Å². The van der Waals surface area contributed by atoms with Crippen LogP contribution in [0.2, 0.25) is 0 Å². The molecule has 3 heterocycles. The van der Waals surface area contributed by atoms with Gasteiger partial charge >= 0.3 is 0 Å². The molecular weight excluding hydrogens is 1090 g/mol. The van der Waals surface area contributed by atoms with Gasteiger partial charge in [-0.25, -0.2) is 0 Å². The molecule has 0 radical (unpaired) electrons. The van der Waals surface area contributed by atoms with Crippen LogP contribution >= 0.6 is 0 Å². The van der Waals surface area contributed by atoms with E-state index in [2.05, 4.69) is 33.5 Å². The highest BCUT2D eigenvalue weighted by atomic mass is 32.2. The average Bonchev–Trinajstić information content (AvgIpc) is 4.31. The zero-order chi connectivity index (χ0) is 60.5. The summed E-state index contributed by atoms with van der Waals surface area (Å²) in [5, 5.41) is 46.9. The molecule has 10 atom stereocenters. The summed E-state index contributed by atoms with van der Waals surface area (Å²) in [5.74, 6) is -4.55. The number of aliphatic hydroxyl groups is 2. The van der Waals surface area contributed by atoms with E-state index in [1.54, 1.807) is 42.5 Å². The third kappa shape index (κ3) is 18.6. The molecule has 24 heteroatoms. The Morgan fingerprint density at radius 3 is 1.89 bits per heavy atom. The molecular formula is C59H81N9O14S. The standard InChI is InChI=1S/C52H73N9O11.C7H8O3S/c1-4-5-6-7-8-9-23-72-39-20-17-33-24-35(16-15-34(33)25-39)46(65)56-40-11-10-22-55-49(68)42-26-36(53)28-60(42)51(70)44(30(2)62)59-48(67)41(21-14-32-12-18-38(64)19-13-32)57-50(69)43-27-37(54)29-61(43)52(71)45(31(3)63)58-47(40)66;1-6-2-4-7(5-3-6)11(8,9)10/h12-13,15-20,24-25,30-31,36-37,40-45,62-64H,4-11,14,21-23,26-29,53-54H2,1-3H3,(H,55,68)(H,56,65)(H,57,69)(H,58,66)(H,59,67);2-5H,1H3,(H,8,9,10)/t30-,31+,36-,37-,40-,41-,42-,43-,44-,45-;/m0./s1. The summed E-state index contributed by atoms with van der Waals surface area (Å²) in [4.78, 5) is 101. The number of fused-ring (bicyclic) bond motifs is 3. The fourth-order valence-corrected chi connectivity index (χ4v) is 10.7. The molecule has 0 bridgehead atoms. The number of aliphatic hydroxyl groups excluding tert-OH is 2. The number of aryl methyl sites for hydroxylation is 2. The number of ether oxygens (including phenoxy) is 1. The number of nitrogens with zero attached hydrogens (tertiary/aromatic N) is 2. The lowest BCUT2D eigenvalue weighted by atomic mass is 10.0. The number of nitrogens with two attached hydrogens (primary N) is 2. The van der Waals surface area contributed by atoms with E-state index in [0.717, 1.165) is 34.1 Å². The molecule has 0 unspecified atom stereocenters. The van der Waals surface area contributed by atoms with Crippen LogP contribution in [0.5, 0.6) is 11.5 Å². The number of nitrogens with one attached hydrogen (secondary N) is 5. The van der Waals surface area contributed by atoms with Crippen LogP contribution in [0.25, 0.3) is 10.8 Å². The van der Waals surface area contributed by atoms with Crippen molar-refractivity contribution in [3.05, 3.63) is 102 Å². The Morgan fingerprint density at radius 2 is 1.29 bits per heavy atom. The summed E-state index contributed by atoms with van der Waals surface area (Å²) < 4.78 is 35.6. The van der Waals surface area contributed by atoms with Crippen LogP contribution in [0.3, 0.4) is 0 Å². The van der Waals surface area contributed by atoms with Crippen molar-refractivity contribution in [1.82, 2.24) is 36.4 Å². The van der Waals surface area contributed by atoms with Gasteiger partial charge in [0, 0.05) is 37.3 Å². The summed E-state index contributed by atoms with van der Waals surface area (Å²) in [6.07, 6.45) is 4.13. The van der Waals surface area contributed by atoms with Gasteiger partial charge in [0.05, 0.1) is 23.7 Å². The topological polar surface area (TPSA) is 362 Å². The Morgan fingerprint density at radius 1 is 0.723 bits per heavy atom. The summed E-state index contributed by atoms with van der Waals surface area (Å²) in [6.45, 7) is 6.98. The van der Waals surface area contributed by atoms with Crippen LogP contribution in [-0.4, -0.2) is 166 Å². The zero-order valence-corrected chi connectivity index (χ0v) is 48.3. The van der Waals surface area contributed by atoms with E-state index in [1.165, 1.54) is 68.7 Å². The summed E-state index contributed by atoms with van der Waals surface area (Å²) in [6, 6.07) is 13.3. The molecule has 83 heavy (non-hydrogen) atoms. The van der Waals surface area contributed by atoms with Crippen molar-refractivity contribution in [2.24, 2.45) is 11.5 Å². The predicted molar refractivity (Wildman–Crippen MR) is 309 cm³/mol. The van der Waals surface area contributed by atoms with E-state index in [-0.39, 0.29) is 74.4 Å². The molecule has 13 N–H and O–H groups in total. The number of phenolic OH excluding ortho intramolecular Hbond substituents is 1. The van der Waals surface area contributed by atoms with Crippen molar-refractivity contribution < 1.29 is 66.6 Å². The number of unbranched alkanes of at least 4 members (excludes halogenated alkanes) is 5. The summed E-state index contributed by atoms with van der Waals surface area (Å²) in [5.41, 5.74) is 14.5. The second-order valence-electron chi connectivity index (χ2n) is 21.8. The van der Waals surface area contributed by atoms with Crippen LogP contribution < -0.4 is 42.8 Å². The Balaban J connectivity index is 0.000000899. The van der Waals surface area contributed by atoms with Crippen molar-refractivity contribution in [3.8, 4) is 11.5 Å². The summed E-state index contributed by atoms with van der Waals surface area (Å²) >= 11 is 0. The first-order valence-corrected chi connectivity index (χ1v) is 29.8. The third-order valence-electron chi connectivity index (χ3n) is 15.0. The normalized spacial score (nSPS) is 23.9. The van der Waals surface area contributed by atoms with Crippen molar-refractivity contribution >= 4 is 62.2 Å². The first-order valence-electron chi connectivity index (χ1n) is 28.4. The van der Waals surface area contributed by atoms with Crippen LogP contribution in [0.1, 0.15) is 113 Å². The highest BCUT2D eigenvalue weighted by Gasteiger charge is 2.45. The minimum atomic E-state index is -4.02. The number of hydrogen-bond acceptors (Lipinski definition) is 15. The number of benzene rings is 4. The number of aromatic hydroxyl groups is 1. The molecule has 3 aliphatic heterocycles. The first kappa shape index (κ1) is 64.9. The van der Waals surface area contributed by atoms with Gasteiger partial charge in [0.25, 0.3) is 16.0 Å². The molecule has 3 fully saturated rings. The fraction of sp³-hybridized carbons (Fsp3) is 0.508. The molecule has 23 nitrogen and oxygen atoms in total. The number of carbonyl (C=O) groups is 7. The molecule has 3 saturated heterocycles. The molecule has 0 spiro atoms. The largest absolute Gasteiger partial charge is 0.508 e. The Bertz CT molecular complexity index is 3000. The molecule has 4 aromatic rings. The summed E-state index contributed by atoms with van der Waals surface area (Å²) in [7, 11) is -4.02. The van der Waals surface area contributed by atoms with Crippen LogP contribution in [-0.2, 0) is 45.3 Å². The maximum Gasteiger partial charge on any atom is 0.294 e. The van der Waals surface area contributed by atoms with Gasteiger partial charge in [-0.05, 0) is 131 Å². The smallest absolute Gasteiger partial charge is 0.294 e. The number of carbonyl (C=O) groups excluding carboxylic acids is 7. The lowest BCUT2D eigenvalue weighted by molar-refractivity contribution is -0.145. The highest BCUT2D eigenvalue weighted by Crippen LogP contribution is 2.25. The minimum Gasteiger partial charge on any atom is -0.508 e. The fourth-order valence-electron chi connectivity index (χ4n) is 10.3. The van der Waals surface area contributed by atoms with Gasteiger partial charge in [-0.15, -0.1) is 0 Å². The number of phenols is 1. The Kier molecular flexibility index (Phi) is 23.8. The van der Waals surface area contributed by atoms with Gasteiger partial charge < -0.3 is 67.9 Å². The molecule has 0 aliphatic carbocycles. The molecule has 0 aromatic heterocycles. The second-order valence-corrected chi connectivity index (χ2v) is 23.2. The number of hydrogen-bond donors (Lipinski definition) is 11. The van der Waals surface area contributed by atoms with Crippen LogP contribution in [0.4, 0.5) is 0 Å². The third-order valence-corrected chi connectivity index (χ3v) is 15.8. The van der Waals surface area contributed by atoms with Crippen molar-refractivity contribution in [2.45, 2.75) is 170 Å². The monoisotopic (exact) mass is 1170 g/mol. The molecule has 452 valence electrons. The van der Waals surface area contributed by atoms with Crippen molar-refractivity contribution in [2.75, 3.05) is 26.2 Å². The molecule has 4 aromatic carbocycles. The maximum absolute atomic E-state index is 14.4. The van der Waals surface area contributed by atoms with E-state index in [9.17, 15) is 57.3 Å². The van der Waals surface area contributed by atoms with Gasteiger partial charge in [0.15, 0.2) is 0 Å². The predicted octanol–water partition coefficient (Wildman–Crippen LogP) is 2.24. The number of amides is 7. The zero-order valence-electron chi connectivity index (χ0n) is 47.5. The lowest BCUT2D eigenvalue weighted by Crippen LogP contribution is -2.61. The highest BCUT2D eigenvalue weighted by molar-refractivity contribution is 7.85. The molecule has 3 aliphatic rings. The SMILES string of the molecule is CCCCCCCCOc1ccc2cc(C(=O)N[C@H]3CCCNC(=O)[C@@H]4C[C@H](N)CN4C(=O)[C@H]([C@H](C)O)NC(=O)[C@H](CCc4ccc(O)cc4)NC(=O)[C@@H]4C[C@H](N)CN4C(=O)[C@H]([C@@H](C)O)NC3=O)ccc2c1.Cc1ccc(S(=O)(=O)O)cc1. The Hall–Kier alpha value is -7.22. The van der Waals surface area contributed by atoms with E-state index in [4.69, 9.17) is 20.8 Å². The molecule has 7 amide bonds. The van der Waals surface area contributed by atoms with Crippen LogP contribution in [0.15, 0.2) is 89.8 Å². The van der Waals surface area contributed by atoms with E-state index < -0.39 is 112 Å².